The van der Waals surface area contributed by atoms with E-state index >= 15 is 0 Å². The smallest absolute Gasteiger partial charge is 0.335 e. The van der Waals surface area contributed by atoms with Crippen LogP contribution in [0.15, 0.2) is 24.3 Å². The van der Waals surface area contributed by atoms with Gasteiger partial charge in [0.05, 0.1) is 17.8 Å². The monoisotopic (exact) mass is 317 g/mol. The molecule has 124 valence electrons. The van der Waals surface area contributed by atoms with Crippen LogP contribution in [-0.4, -0.2) is 47.2 Å². The van der Waals surface area contributed by atoms with Gasteiger partial charge in [-0.1, -0.05) is 18.9 Å². The van der Waals surface area contributed by atoms with Gasteiger partial charge in [-0.2, -0.15) is 0 Å². The molecule has 0 aromatic heterocycles. The first-order valence-electron chi connectivity index (χ1n) is 8.41. The molecule has 5 heteroatoms. The lowest BCUT2D eigenvalue weighted by Gasteiger charge is -2.33. The summed E-state index contributed by atoms with van der Waals surface area (Å²) in [5, 5.41) is 9.03. The number of benzene rings is 1. The van der Waals surface area contributed by atoms with E-state index < -0.39 is 5.97 Å². The predicted molar refractivity (Wildman–Crippen MR) is 85.7 cm³/mol. The topological polar surface area (TPSA) is 66.8 Å². The molecule has 1 N–H and O–H groups in total. The number of piperidine rings is 1. The van der Waals surface area contributed by atoms with Crippen molar-refractivity contribution in [3.8, 4) is 0 Å². The molecule has 1 saturated carbocycles. The van der Waals surface area contributed by atoms with E-state index in [-0.39, 0.29) is 17.6 Å². The molecule has 1 amide bonds. The Bertz CT molecular complexity index is 572. The second-order valence-corrected chi connectivity index (χ2v) is 6.42. The van der Waals surface area contributed by atoms with E-state index in [1.165, 1.54) is 37.8 Å². The highest BCUT2D eigenvalue weighted by Crippen LogP contribution is 2.25. The fourth-order valence-electron chi connectivity index (χ4n) is 3.46. The molecule has 23 heavy (non-hydrogen) atoms. The van der Waals surface area contributed by atoms with Crippen LogP contribution >= 0.6 is 0 Å². The summed E-state index contributed by atoms with van der Waals surface area (Å²) in [6.45, 7) is 1.35. The second kappa shape index (κ2) is 7.13. The average Bonchev–Trinajstić information content (AvgIpc) is 3.08. The Labute approximate surface area is 136 Å². The third kappa shape index (κ3) is 3.91. The highest BCUT2D eigenvalue weighted by molar-refractivity contribution is 5.97. The van der Waals surface area contributed by atoms with Gasteiger partial charge in [-0.3, -0.25) is 4.79 Å². The van der Waals surface area contributed by atoms with Crippen LogP contribution in [0.25, 0.3) is 0 Å². The summed E-state index contributed by atoms with van der Waals surface area (Å²) in [6, 6.07) is 6.25. The molecule has 5 nitrogen and oxygen atoms in total. The van der Waals surface area contributed by atoms with Gasteiger partial charge in [0.15, 0.2) is 0 Å². The van der Waals surface area contributed by atoms with E-state index in [1.54, 1.807) is 17.0 Å². The Kier molecular flexibility index (Phi) is 4.96. The van der Waals surface area contributed by atoms with E-state index in [2.05, 4.69) is 0 Å². The maximum Gasteiger partial charge on any atom is 0.335 e. The first kappa shape index (κ1) is 16.0. The Hall–Kier alpha value is -1.88. The number of hydrogen-bond donors (Lipinski definition) is 1. The number of nitrogens with zero attached hydrogens (tertiary/aromatic N) is 1. The van der Waals surface area contributed by atoms with Crippen LogP contribution in [0.4, 0.5) is 0 Å². The first-order chi connectivity index (χ1) is 11.1. The Morgan fingerprint density at radius 3 is 2.26 bits per heavy atom. The fourth-order valence-corrected chi connectivity index (χ4v) is 3.46. The minimum Gasteiger partial charge on any atom is -0.478 e. The molecule has 3 rings (SSSR count). The summed E-state index contributed by atoms with van der Waals surface area (Å²) in [5.74, 6) is -1.10. The highest BCUT2D eigenvalue weighted by atomic mass is 16.5. The van der Waals surface area contributed by atoms with Gasteiger partial charge >= 0.3 is 5.97 Å². The van der Waals surface area contributed by atoms with E-state index in [0.717, 1.165) is 12.8 Å². The molecule has 1 heterocycles. The van der Waals surface area contributed by atoms with Crippen LogP contribution in [0, 0.1) is 0 Å². The van der Waals surface area contributed by atoms with Gasteiger partial charge in [-0.15, -0.1) is 0 Å². The molecule has 1 aromatic rings. The average molecular weight is 317 g/mol. The van der Waals surface area contributed by atoms with Gasteiger partial charge < -0.3 is 14.7 Å². The van der Waals surface area contributed by atoms with Gasteiger partial charge in [0.25, 0.3) is 5.91 Å². The maximum atomic E-state index is 12.5. The maximum absolute atomic E-state index is 12.5. The normalized spacial score (nSPS) is 19.9. The van der Waals surface area contributed by atoms with Gasteiger partial charge in [0, 0.05) is 18.7 Å². The van der Waals surface area contributed by atoms with Crippen molar-refractivity contribution in [2.45, 2.75) is 50.7 Å². The van der Waals surface area contributed by atoms with Crippen molar-refractivity contribution in [1.82, 2.24) is 4.90 Å². The van der Waals surface area contributed by atoms with Crippen molar-refractivity contribution in [3.05, 3.63) is 35.4 Å². The van der Waals surface area contributed by atoms with Crippen molar-refractivity contribution in [2.75, 3.05) is 13.1 Å². The molecule has 0 spiro atoms. The molecule has 0 atom stereocenters. The summed E-state index contributed by atoms with van der Waals surface area (Å²) in [7, 11) is 0. The minimum absolute atomic E-state index is 0.0904. The number of carbonyl (C=O) groups is 2. The standard InChI is InChI=1S/C18H23NO4/c20-17(13-4-3-5-14(12-13)18(21)22)19-10-8-16(9-11-19)23-15-6-1-2-7-15/h3-5,12,15-16H,1-2,6-11H2,(H,21,22). The largest absolute Gasteiger partial charge is 0.478 e. The Morgan fingerprint density at radius 2 is 1.61 bits per heavy atom. The van der Waals surface area contributed by atoms with Crippen molar-refractivity contribution >= 4 is 11.9 Å². The lowest BCUT2D eigenvalue weighted by molar-refractivity contribution is -0.0357. The third-order valence-corrected chi connectivity index (χ3v) is 4.77. The summed E-state index contributed by atoms with van der Waals surface area (Å²) < 4.78 is 6.12. The number of likely N-dealkylation sites (tertiary alicyclic amines) is 1. The molecule has 1 aliphatic carbocycles. The van der Waals surface area contributed by atoms with Crippen LogP contribution in [-0.2, 0) is 4.74 Å². The number of carbonyl (C=O) groups excluding carboxylic acids is 1. The van der Waals surface area contributed by atoms with E-state index in [4.69, 9.17) is 9.84 Å². The second-order valence-electron chi connectivity index (χ2n) is 6.42. The van der Waals surface area contributed by atoms with Crippen molar-refractivity contribution in [2.24, 2.45) is 0 Å². The third-order valence-electron chi connectivity index (χ3n) is 4.77. The number of hydrogen-bond acceptors (Lipinski definition) is 3. The number of rotatable bonds is 4. The van der Waals surface area contributed by atoms with Crippen molar-refractivity contribution in [3.63, 3.8) is 0 Å². The van der Waals surface area contributed by atoms with Gasteiger partial charge in [-0.25, -0.2) is 4.79 Å². The molecular formula is C18H23NO4. The summed E-state index contributed by atoms with van der Waals surface area (Å²) >= 11 is 0. The zero-order chi connectivity index (χ0) is 16.2. The van der Waals surface area contributed by atoms with E-state index in [9.17, 15) is 9.59 Å². The number of amides is 1. The lowest BCUT2D eigenvalue weighted by Crippen LogP contribution is -2.41. The number of aromatic carboxylic acids is 1. The molecule has 0 bridgehead atoms. The fraction of sp³-hybridized carbons (Fsp3) is 0.556. The summed E-state index contributed by atoms with van der Waals surface area (Å²) in [6.07, 6.45) is 7.26. The van der Waals surface area contributed by atoms with Crippen molar-refractivity contribution in [1.29, 1.82) is 0 Å². The Balaban J connectivity index is 1.55. The lowest BCUT2D eigenvalue weighted by atomic mass is 10.0. The van der Waals surface area contributed by atoms with Crippen LogP contribution in [0.3, 0.4) is 0 Å². The number of ether oxygens (including phenoxy) is 1. The first-order valence-corrected chi connectivity index (χ1v) is 8.41. The van der Waals surface area contributed by atoms with E-state index in [1.807, 2.05) is 0 Å². The molecule has 2 fully saturated rings. The van der Waals surface area contributed by atoms with Gasteiger partial charge in [0.1, 0.15) is 0 Å². The minimum atomic E-state index is -1.01. The van der Waals surface area contributed by atoms with Gasteiger partial charge in [-0.05, 0) is 43.9 Å². The quantitative estimate of drug-likeness (QED) is 0.927. The van der Waals surface area contributed by atoms with Crippen LogP contribution in [0.5, 0.6) is 0 Å². The Morgan fingerprint density at radius 1 is 1.00 bits per heavy atom. The molecular weight excluding hydrogens is 294 g/mol. The van der Waals surface area contributed by atoms with Crippen LogP contribution in [0.1, 0.15) is 59.2 Å². The predicted octanol–water partition coefficient (Wildman–Crippen LogP) is 2.95. The summed E-state index contributed by atoms with van der Waals surface area (Å²) in [4.78, 5) is 25.3. The zero-order valence-electron chi connectivity index (χ0n) is 13.2. The van der Waals surface area contributed by atoms with Crippen molar-refractivity contribution < 1.29 is 19.4 Å². The molecule has 2 aliphatic rings. The molecule has 1 aliphatic heterocycles. The number of carboxylic acids is 1. The zero-order valence-corrected chi connectivity index (χ0v) is 13.2. The van der Waals surface area contributed by atoms with Crippen LogP contribution in [0.2, 0.25) is 0 Å². The SMILES string of the molecule is O=C(O)c1cccc(C(=O)N2CCC(OC3CCCC3)CC2)c1. The molecule has 1 aromatic carbocycles. The highest BCUT2D eigenvalue weighted by Gasteiger charge is 2.27. The van der Waals surface area contributed by atoms with Gasteiger partial charge in [0.2, 0.25) is 0 Å². The van der Waals surface area contributed by atoms with E-state index in [0.29, 0.717) is 24.8 Å². The molecule has 0 radical (unpaired) electrons. The van der Waals surface area contributed by atoms with Crippen LogP contribution < -0.4 is 0 Å². The number of carboxylic acid groups (broad SMARTS) is 1. The molecule has 0 unspecified atom stereocenters. The summed E-state index contributed by atoms with van der Waals surface area (Å²) in [5.41, 5.74) is 0.593. The molecule has 1 saturated heterocycles.